The molecule has 2 saturated heterocycles. The molecule has 0 spiro atoms. The molecular formula is C12H25Cl2N3OS. The third-order valence-electron chi connectivity index (χ3n) is 3.72. The van der Waals surface area contributed by atoms with Gasteiger partial charge in [-0.1, -0.05) is 0 Å². The molecule has 0 aliphatic carbocycles. The van der Waals surface area contributed by atoms with Crippen molar-refractivity contribution in [3.05, 3.63) is 0 Å². The Hall–Kier alpha value is 0.320. The molecule has 2 heterocycles. The smallest absolute Gasteiger partial charge is 0.238 e. The number of piperidine rings is 1. The lowest BCUT2D eigenvalue weighted by atomic mass is 9.94. The Morgan fingerprint density at radius 2 is 2.05 bits per heavy atom. The van der Waals surface area contributed by atoms with Crippen LogP contribution < -0.4 is 10.6 Å². The number of carbonyl (C=O) groups excluding carboxylic acids is 1. The first-order chi connectivity index (χ1) is 8.25. The lowest BCUT2D eigenvalue weighted by Gasteiger charge is -2.28. The zero-order valence-electron chi connectivity index (χ0n) is 11.4. The second kappa shape index (κ2) is 10.1. The Morgan fingerprint density at radius 3 is 2.63 bits per heavy atom. The van der Waals surface area contributed by atoms with Crippen LogP contribution in [0.3, 0.4) is 0 Å². The van der Waals surface area contributed by atoms with Crippen LogP contribution in [-0.2, 0) is 4.79 Å². The van der Waals surface area contributed by atoms with Gasteiger partial charge in [-0.05, 0) is 45.3 Å². The van der Waals surface area contributed by atoms with E-state index < -0.39 is 0 Å². The highest BCUT2D eigenvalue weighted by molar-refractivity contribution is 7.99. The van der Waals surface area contributed by atoms with Crippen molar-refractivity contribution in [2.24, 2.45) is 5.92 Å². The molecule has 2 aliphatic heterocycles. The van der Waals surface area contributed by atoms with E-state index in [2.05, 4.69) is 22.6 Å². The molecule has 114 valence electrons. The molecule has 1 unspecified atom stereocenters. The zero-order valence-corrected chi connectivity index (χ0v) is 13.8. The topological polar surface area (TPSA) is 44.4 Å². The standard InChI is InChI=1S/C12H23N3OS.2ClH/c1-15-6-3-10(4-7-15)2-5-13-12(16)11-8-17-9-14-11;;/h10-11,14H,2-9H2,1H3,(H,13,16);2*1H. The predicted molar refractivity (Wildman–Crippen MR) is 86.6 cm³/mol. The fourth-order valence-electron chi connectivity index (χ4n) is 2.44. The molecule has 2 fully saturated rings. The number of halogens is 2. The largest absolute Gasteiger partial charge is 0.355 e. The second-order valence-electron chi connectivity index (χ2n) is 5.10. The van der Waals surface area contributed by atoms with E-state index in [1.165, 1.54) is 25.9 Å². The van der Waals surface area contributed by atoms with Crippen molar-refractivity contribution in [2.75, 3.05) is 38.3 Å². The first-order valence-electron chi connectivity index (χ1n) is 6.53. The van der Waals surface area contributed by atoms with E-state index in [1.807, 2.05) is 0 Å². The van der Waals surface area contributed by atoms with E-state index in [1.54, 1.807) is 11.8 Å². The number of nitrogens with one attached hydrogen (secondary N) is 2. The Bertz CT molecular complexity index is 257. The van der Waals surface area contributed by atoms with Crippen LogP contribution in [0.5, 0.6) is 0 Å². The summed E-state index contributed by atoms with van der Waals surface area (Å²) in [5.74, 6) is 2.81. The first-order valence-corrected chi connectivity index (χ1v) is 7.68. The van der Waals surface area contributed by atoms with E-state index >= 15 is 0 Å². The summed E-state index contributed by atoms with van der Waals surface area (Å²) in [4.78, 5) is 14.1. The van der Waals surface area contributed by atoms with Crippen molar-refractivity contribution < 1.29 is 4.79 Å². The second-order valence-corrected chi connectivity index (χ2v) is 6.13. The van der Waals surface area contributed by atoms with E-state index in [0.29, 0.717) is 0 Å². The Kier molecular flexibility index (Phi) is 10.3. The lowest BCUT2D eigenvalue weighted by Crippen LogP contribution is -2.42. The van der Waals surface area contributed by atoms with Crippen molar-refractivity contribution in [1.82, 2.24) is 15.5 Å². The van der Waals surface area contributed by atoms with Gasteiger partial charge in [0.25, 0.3) is 0 Å². The predicted octanol–water partition coefficient (Wildman–Crippen LogP) is 1.34. The summed E-state index contributed by atoms with van der Waals surface area (Å²) in [5.41, 5.74) is 0. The van der Waals surface area contributed by atoms with Crippen molar-refractivity contribution in [3.8, 4) is 0 Å². The molecule has 1 amide bonds. The molecule has 1 atom stereocenters. The van der Waals surface area contributed by atoms with Gasteiger partial charge in [-0.2, -0.15) is 0 Å². The molecule has 0 radical (unpaired) electrons. The van der Waals surface area contributed by atoms with Crippen LogP contribution in [0.4, 0.5) is 0 Å². The van der Waals surface area contributed by atoms with Crippen LogP contribution in [0.1, 0.15) is 19.3 Å². The molecule has 2 N–H and O–H groups in total. The minimum atomic E-state index is 0. The highest BCUT2D eigenvalue weighted by Crippen LogP contribution is 2.18. The molecule has 0 bridgehead atoms. The molecule has 0 aromatic heterocycles. The maximum absolute atomic E-state index is 11.7. The molecule has 7 heteroatoms. The SMILES string of the molecule is CN1CCC(CCNC(=O)C2CSCN2)CC1.Cl.Cl. The fourth-order valence-corrected chi connectivity index (χ4v) is 3.38. The summed E-state index contributed by atoms with van der Waals surface area (Å²) in [6.07, 6.45) is 3.70. The van der Waals surface area contributed by atoms with Crippen LogP contribution in [0, 0.1) is 5.92 Å². The summed E-state index contributed by atoms with van der Waals surface area (Å²) in [5, 5.41) is 6.25. The molecular weight excluding hydrogens is 305 g/mol. The average molecular weight is 330 g/mol. The number of carbonyl (C=O) groups is 1. The molecule has 0 aromatic carbocycles. The Labute approximate surface area is 132 Å². The summed E-state index contributed by atoms with van der Waals surface area (Å²) >= 11 is 1.79. The number of amides is 1. The van der Waals surface area contributed by atoms with Gasteiger partial charge in [0, 0.05) is 18.2 Å². The number of thioether (sulfide) groups is 1. The van der Waals surface area contributed by atoms with E-state index in [4.69, 9.17) is 0 Å². The van der Waals surface area contributed by atoms with E-state index in [9.17, 15) is 4.79 Å². The maximum Gasteiger partial charge on any atom is 0.238 e. The van der Waals surface area contributed by atoms with Gasteiger partial charge in [-0.25, -0.2) is 0 Å². The van der Waals surface area contributed by atoms with Crippen LogP contribution >= 0.6 is 36.6 Å². The van der Waals surface area contributed by atoms with Crippen molar-refractivity contribution in [3.63, 3.8) is 0 Å². The molecule has 2 rings (SSSR count). The van der Waals surface area contributed by atoms with Crippen LogP contribution in [-0.4, -0.2) is 55.2 Å². The van der Waals surface area contributed by atoms with Crippen molar-refractivity contribution in [2.45, 2.75) is 25.3 Å². The summed E-state index contributed by atoms with van der Waals surface area (Å²) < 4.78 is 0. The number of hydrogen-bond acceptors (Lipinski definition) is 4. The maximum atomic E-state index is 11.7. The van der Waals surface area contributed by atoms with Gasteiger partial charge >= 0.3 is 0 Å². The van der Waals surface area contributed by atoms with E-state index in [0.717, 1.165) is 30.5 Å². The molecule has 4 nitrogen and oxygen atoms in total. The molecule has 0 aromatic rings. The quantitative estimate of drug-likeness (QED) is 0.817. The number of hydrogen-bond donors (Lipinski definition) is 2. The van der Waals surface area contributed by atoms with Crippen LogP contribution in [0.2, 0.25) is 0 Å². The minimum Gasteiger partial charge on any atom is -0.355 e. The normalized spacial score (nSPS) is 24.4. The van der Waals surface area contributed by atoms with Gasteiger partial charge in [0.2, 0.25) is 5.91 Å². The highest BCUT2D eigenvalue weighted by atomic mass is 35.5. The monoisotopic (exact) mass is 329 g/mol. The Morgan fingerprint density at radius 1 is 1.37 bits per heavy atom. The highest BCUT2D eigenvalue weighted by Gasteiger charge is 2.22. The third kappa shape index (κ3) is 6.54. The lowest BCUT2D eigenvalue weighted by molar-refractivity contribution is -0.122. The van der Waals surface area contributed by atoms with Crippen LogP contribution in [0.25, 0.3) is 0 Å². The zero-order chi connectivity index (χ0) is 12.1. The van der Waals surface area contributed by atoms with E-state index in [-0.39, 0.29) is 36.8 Å². The first kappa shape index (κ1) is 19.3. The fraction of sp³-hybridized carbons (Fsp3) is 0.917. The van der Waals surface area contributed by atoms with Gasteiger partial charge in [-0.3, -0.25) is 10.1 Å². The number of nitrogens with zero attached hydrogens (tertiary/aromatic N) is 1. The molecule has 2 aliphatic rings. The molecule has 0 saturated carbocycles. The number of rotatable bonds is 4. The van der Waals surface area contributed by atoms with Gasteiger partial charge in [0.05, 0.1) is 6.04 Å². The summed E-state index contributed by atoms with van der Waals surface area (Å²) in [6, 6.07) is 0.0393. The number of likely N-dealkylation sites (tertiary alicyclic amines) is 1. The summed E-state index contributed by atoms with van der Waals surface area (Å²) in [6.45, 7) is 3.26. The van der Waals surface area contributed by atoms with Crippen molar-refractivity contribution >= 4 is 42.5 Å². The van der Waals surface area contributed by atoms with Gasteiger partial charge in [-0.15, -0.1) is 36.6 Å². The minimum absolute atomic E-state index is 0. The van der Waals surface area contributed by atoms with Gasteiger partial charge in [0.15, 0.2) is 0 Å². The third-order valence-corrected chi connectivity index (χ3v) is 4.66. The Balaban J connectivity index is 0.00000162. The summed E-state index contributed by atoms with van der Waals surface area (Å²) in [7, 11) is 2.18. The average Bonchev–Trinajstić information content (AvgIpc) is 2.85. The van der Waals surface area contributed by atoms with Gasteiger partial charge in [0.1, 0.15) is 0 Å². The van der Waals surface area contributed by atoms with Gasteiger partial charge < -0.3 is 10.2 Å². The van der Waals surface area contributed by atoms with Crippen molar-refractivity contribution in [1.29, 1.82) is 0 Å². The molecule has 19 heavy (non-hydrogen) atoms. The van der Waals surface area contributed by atoms with Crippen LogP contribution in [0.15, 0.2) is 0 Å².